The Morgan fingerprint density at radius 1 is 1.13 bits per heavy atom. The Labute approximate surface area is 137 Å². The predicted octanol–water partition coefficient (Wildman–Crippen LogP) is 3.13. The Balaban J connectivity index is 1.82. The van der Waals surface area contributed by atoms with Gasteiger partial charge in [-0.3, -0.25) is 0 Å². The van der Waals surface area contributed by atoms with Crippen molar-refractivity contribution in [1.82, 2.24) is 5.32 Å². The van der Waals surface area contributed by atoms with Gasteiger partial charge in [-0.1, -0.05) is 18.2 Å². The van der Waals surface area contributed by atoms with Crippen LogP contribution in [0.4, 0.5) is 16.2 Å². The van der Waals surface area contributed by atoms with Crippen LogP contribution in [-0.4, -0.2) is 33.8 Å². The number of rotatable bonds is 6. The number of carbonyl (C=O) groups excluding carboxylic acids is 1. The fourth-order valence-electron chi connectivity index (χ4n) is 2.19. The molecule has 0 aromatic heterocycles. The molecule has 0 atom stereocenters. The molecular weight excluding hydrogens is 290 g/mol. The quantitative estimate of drug-likeness (QED) is 0.861. The molecule has 0 aliphatic rings. The van der Waals surface area contributed by atoms with Crippen LogP contribution in [0.3, 0.4) is 0 Å². The van der Waals surface area contributed by atoms with E-state index in [1.54, 1.807) is 7.11 Å². The number of hydrogen-bond acceptors (Lipinski definition) is 3. The highest BCUT2D eigenvalue weighted by atomic mass is 16.5. The number of hydrogen-bond donors (Lipinski definition) is 2. The van der Waals surface area contributed by atoms with Gasteiger partial charge in [-0.25, -0.2) is 4.79 Å². The molecule has 0 unspecified atom stereocenters. The maximum atomic E-state index is 11.9. The third-order valence-corrected chi connectivity index (χ3v) is 3.45. The van der Waals surface area contributed by atoms with E-state index in [2.05, 4.69) is 10.6 Å². The summed E-state index contributed by atoms with van der Waals surface area (Å²) in [5.41, 5.74) is 2.94. The summed E-state index contributed by atoms with van der Waals surface area (Å²) in [5, 5.41) is 5.71. The van der Waals surface area contributed by atoms with E-state index in [1.165, 1.54) is 0 Å². The zero-order valence-corrected chi connectivity index (χ0v) is 13.8. The average Bonchev–Trinajstić information content (AvgIpc) is 2.55. The monoisotopic (exact) mass is 313 g/mol. The lowest BCUT2D eigenvalue weighted by Crippen LogP contribution is -2.30. The molecule has 2 aromatic rings. The van der Waals surface area contributed by atoms with Gasteiger partial charge < -0.3 is 20.3 Å². The van der Waals surface area contributed by atoms with Crippen LogP contribution in [0, 0.1) is 0 Å². The summed E-state index contributed by atoms with van der Waals surface area (Å²) in [4.78, 5) is 13.9. The minimum atomic E-state index is -0.205. The first kappa shape index (κ1) is 16.7. The number of nitrogens with zero attached hydrogens (tertiary/aromatic N) is 1. The molecule has 0 aliphatic carbocycles. The minimum absolute atomic E-state index is 0.205. The Kier molecular flexibility index (Phi) is 5.86. The summed E-state index contributed by atoms with van der Waals surface area (Å²) in [6.07, 6.45) is 0.752. The SMILES string of the molecule is COc1cccc(CCNC(=O)Nc2cccc(N(C)C)c2)c1. The zero-order chi connectivity index (χ0) is 16.7. The third kappa shape index (κ3) is 5.21. The van der Waals surface area contributed by atoms with Crippen molar-refractivity contribution in [1.29, 1.82) is 0 Å². The van der Waals surface area contributed by atoms with Gasteiger partial charge in [-0.2, -0.15) is 0 Å². The van der Waals surface area contributed by atoms with E-state index in [1.807, 2.05) is 67.5 Å². The lowest BCUT2D eigenvalue weighted by atomic mass is 10.1. The van der Waals surface area contributed by atoms with Crippen molar-refractivity contribution in [3.05, 3.63) is 54.1 Å². The van der Waals surface area contributed by atoms with Crippen LogP contribution in [0.15, 0.2) is 48.5 Å². The maximum absolute atomic E-state index is 11.9. The van der Waals surface area contributed by atoms with E-state index in [9.17, 15) is 4.79 Å². The van der Waals surface area contributed by atoms with Gasteiger partial charge in [0.2, 0.25) is 0 Å². The maximum Gasteiger partial charge on any atom is 0.319 e. The molecular formula is C18H23N3O2. The molecule has 2 amide bonds. The van der Waals surface area contributed by atoms with Crippen molar-refractivity contribution in [2.45, 2.75) is 6.42 Å². The first-order valence-corrected chi connectivity index (χ1v) is 7.53. The lowest BCUT2D eigenvalue weighted by Gasteiger charge is -2.14. The molecule has 23 heavy (non-hydrogen) atoms. The Morgan fingerprint density at radius 2 is 1.91 bits per heavy atom. The van der Waals surface area contributed by atoms with Gasteiger partial charge >= 0.3 is 6.03 Å². The second kappa shape index (κ2) is 8.08. The number of carbonyl (C=O) groups is 1. The highest BCUT2D eigenvalue weighted by Gasteiger charge is 2.03. The molecule has 122 valence electrons. The molecule has 0 radical (unpaired) electrons. The number of urea groups is 1. The number of methoxy groups -OCH3 is 1. The molecule has 5 heteroatoms. The smallest absolute Gasteiger partial charge is 0.319 e. The highest BCUT2D eigenvalue weighted by molar-refractivity contribution is 5.89. The van der Waals surface area contributed by atoms with Crippen LogP contribution in [0.5, 0.6) is 5.75 Å². The fourth-order valence-corrected chi connectivity index (χ4v) is 2.19. The minimum Gasteiger partial charge on any atom is -0.497 e. The summed E-state index contributed by atoms with van der Waals surface area (Å²) < 4.78 is 5.19. The summed E-state index contributed by atoms with van der Waals surface area (Å²) in [7, 11) is 5.58. The predicted molar refractivity (Wildman–Crippen MR) is 94.5 cm³/mol. The molecule has 5 nitrogen and oxygen atoms in total. The van der Waals surface area contributed by atoms with Crippen LogP contribution in [-0.2, 0) is 6.42 Å². The normalized spacial score (nSPS) is 10.0. The number of ether oxygens (including phenoxy) is 1. The molecule has 0 aliphatic heterocycles. The van der Waals surface area contributed by atoms with E-state index in [0.717, 1.165) is 29.1 Å². The van der Waals surface area contributed by atoms with Crippen molar-refractivity contribution in [3.8, 4) is 5.75 Å². The second-order valence-corrected chi connectivity index (χ2v) is 5.43. The van der Waals surface area contributed by atoms with Gasteiger partial charge in [0, 0.05) is 32.0 Å². The van der Waals surface area contributed by atoms with Crippen molar-refractivity contribution in [2.75, 3.05) is 38.0 Å². The Morgan fingerprint density at radius 3 is 2.65 bits per heavy atom. The number of benzene rings is 2. The van der Waals surface area contributed by atoms with Crippen LogP contribution < -0.4 is 20.3 Å². The molecule has 0 bridgehead atoms. The van der Waals surface area contributed by atoms with Crippen molar-refractivity contribution >= 4 is 17.4 Å². The van der Waals surface area contributed by atoms with E-state index >= 15 is 0 Å². The Hall–Kier alpha value is -2.69. The van der Waals surface area contributed by atoms with Gasteiger partial charge in [0.1, 0.15) is 5.75 Å². The molecule has 0 saturated carbocycles. The zero-order valence-electron chi connectivity index (χ0n) is 13.8. The molecule has 0 heterocycles. The number of anilines is 2. The lowest BCUT2D eigenvalue weighted by molar-refractivity contribution is 0.252. The van der Waals surface area contributed by atoms with E-state index in [4.69, 9.17) is 4.74 Å². The second-order valence-electron chi connectivity index (χ2n) is 5.43. The van der Waals surface area contributed by atoms with Crippen molar-refractivity contribution < 1.29 is 9.53 Å². The highest BCUT2D eigenvalue weighted by Crippen LogP contribution is 2.17. The van der Waals surface area contributed by atoms with Crippen LogP contribution >= 0.6 is 0 Å². The van der Waals surface area contributed by atoms with Crippen LogP contribution in [0.1, 0.15) is 5.56 Å². The summed E-state index contributed by atoms with van der Waals surface area (Å²) in [6.45, 7) is 0.562. The Bertz CT molecular complexity index is 656. The van der Waals surface area contributed by atoms with Gasteiger partial charge in [-0.15, -0.1) is 0 Å². The van der Waals surface area contributed by atoms with Gasteiger partial charge in [0.25, 0.3) is 0 Å². The molecule has 2 aromatic carbocycles. The fraction of sp³-hybridized carbons (Fsp3) is 0.278. The number of amides is 2. The summed E-state index contributed by atoms with van der Waals surface area (Å²) in [5.74, 6) is 0.826. The topological polar surface area (TPSA) is 53.6 Å². The molecule has 2 N–H and O–H groups in total. The summed E-state index contributed by atoms with van der Waals surface area (Å²) in [6, 6.07) is 15.3. The largest absolute Gasteiger partial charge is 0.497 e. The van der Waals surface area contributed by atoms with E-state index < -0.39 is 0 Å². The van der Waals surface area contributed by atoms with Crippen LogP contribution in [0.25, 0.3) is 0 Å². The van der Waals surface area contributed by atoms with Crippen molar-refractivity contribution in [2.24, 2.45) is 0 Å². The molecule has 2 rings (SSSR count). The van der Waals surface area contributed by atoms with Gasteiger partial charge in [0.15, 0.2) is 0 Å². The number of nitrogens with one attached hydrogen (secondary N) is 2. The van der Waals surface area contributed by atoms with Crippen molar-refractivity contribution in [3.63, 3.8) is 0 Å². The standard InChI is InChI=1S/C18H23N3O2/c1-21(2)16-8-5-7-15(13-16)20-18(22)19-11-10-14-6-4-9-17(12-14)23-3/h4-9,12-13H,10-11H2,1-3H3,(H2,19,20,22). The van der Waals surface area contributed by atoms with Crippen LogP contribution in [0.2, 0.25) is 0 Å². The van der Waals surface area contributed by atoms with E-state index in [-0.39, 0.29) is 6.03 Å². The molecule has 0 spiro atoms. The van der Waals surface area contributed by atoms with Gasteiger partial charge in [0.05, 0.1) is 7.11 Å². The van der Waals surface area contributed by atoms with E-state index in [0.29, 0.717) is 6.54 Å². The first-order chi connectivity index (χ1) is 11.1. The van der Waals surface area contributed by atoms with Gasteiger partial charge in [-0.05, 0) is 42.3 Å². The summed E-state index contributed by atoms with van der Waals surface area (Å²) >= 11 is 0. The first-order valence-electron chi connectivity index (χ1n) is 7.53. The molecule has 0 saturated heterocycles. The average molecular weight is 313 g/mol. The molecule has 0 fully saturated rings. The third-order valence-electron chi connectivity index (χ3n) is 3.45.